The Hall–Kier alpha value is -2.66. The third kappa shape index (κ3) is 7.83. The molecule has 0 aromatic heterocycles. The molecule has 2 rings (SSSR count). The van der Waals surface area contributed by atoms with Crippen molar-refractivity contribution in [2.24, 2.45) is 0 Å². The number of carbonyl (C=O) groups is 3. The van der Waals surface area contributed by atoms with Crippen LogP contribution in [0.4, 0.5) is 4.79 Å². The number of amides is 2. The van der Waals surface area contributed by atoms with Crippen molar-refractivity contribution in [3.8, 4) is 0 Å². The Labute approximate surface area is 182 Å². The summed E-state index contributed by atoms with van der Waals surface area (Å²) >= 11 is 0. The first kappa shape index (κ1) is 24.6. The monoisotopic (exact) mass is 455 g/mol. The Morgan fingerprint density at radius 1 is 1.10 bits per heavy atom. The van der Waals surface area contributed by atoms with Crippen LogP contribution in [0.5, 0.6) is 0 Å². The van der Waals surface area contributed by atoms with Gasteiger partial charge in [0.2, 0.25) is 10.0 Å². The predicted octanol–water partition coefficient (Wildman–Crippen LogP) is 0.808. The van der Waals surface area contributed by atoms with Gasteiger partial charge in [0.05, 0.1) is 11.5 Å². The number of likely N-dealkylation sites (tertiary alicyclic amines) is 1. The SMILES string of the molecule is CCOC(=O)N1CCC(NC(=O)COC(=O)CCc2ccc(S(=O)(=O)NC)cc2)CC1. The lowest BCUT2D eigenvalue weighted by atomic mass is 10.1. The van der Waals surface area contributed by atoms with E-state index in [2.05, 4.69) is 10.0 Å². The van der Waals surface area contributed by atoms with Gasteiger partial charge in [0.15, 0.2) is 6.61 Å². The Morgan fingerprint density at radius 3 is 2.32 bits per heavy atom. The number of nitrogens with zero attached hydrogens (tertiary/aromatic N) is 1. The maximum atomic E-state index is 12.0. The first-order valence-corrected chi connectivity index (χ1v) is 11.6. The van der Waals surface area contributed by atoms with E-state index in [4.69, 9.17) is 9.47 Å². The van der Waals surface area contributed by atoms with Gasteiger partial charge in [0.25, 0.3) is 5.91 Å². The second-order valence-corrected chi connectivity index (χ2v) is 8.93. The molecule has 0 bridgehead atoms. The van der Waals surface area contributed by atoms with Gasteiger partial charge in [-0.3, -0.25) is 9.59 Å². The molecule has 0 spiro atoms. The molecule has 0 radical (unpaired) electrons. The van der Waals surface area contributed by atoms with Crippen LogP contribution in [0.25, 0.3) is 0 Å². The van der Waals surface area contributed by atoms with Crippen LogP contribution in [0.15, 0.2) is 29.2 Å². The summed E-state index contributed by atoms with van der Waals surface area (Å²) in [6.45, 7) is 2.70. The van der Waals surface area contributed by atoms with E-state index in [1.165, 1.54) is 19.2 Å². The van der Waals surface area contributed by atoms with Crippen LogP contribution >= 0.6 is 0 Å². The summed E-state index contributed by atoms with van der Waals surface area (Å²) in [5, 5.41) is 2.81. The van der Waals surface area contributed by atoms with E-state index >= 15 is 0 Å². The van der Waals surface area contributed by atoms with E-state index in [9.17, 15) is 22.8 Å². The number of ether oxygens (including phenoxy) is 2. The van der Waals surface area contributed by atoms with Crippen molar-refractivity contribution in [2.75, 3.05) is 33.4 Å². The lowest BCUT2D eigenvalue weighted by Gasteiger charge is -2.31. The minimum absolute atomic E-state index is 0.0728. The zero-order chi connectivity index (χ0) is 22.9. The Balaban J connectivity index is 1.66. The first-order chi connectivity index (χ1) is 14.7. The summed E-state index contributed by atoms with van der Waals surface area (Å²) in [5.74, 6) is -0.899. The number of esters is 1. The van der Waals surface area contributed by atoms with Crippen molar-refractivity contribution in [2.45, 2.75) is 43.5 Å². The standard InChI is InChI=1S/C20H29N3O7S/c1-3-29-20(26)23-12-10-16(11-13-23)22-18(24)14-30-19(25)9-6-15-4-7-17(8-5-15)31(27,28)21-2/h4-5,7-8,16,21H,3,6,9-14H2,1-2H3,(H,22,24). The third-order valence-electron chi connectivity index (χ3n) is 4.87. The van der Waals surface area contributed by atoms with E-state index < -0.39 is 16.0 Å². The molecular formula is C20H29N3O7S. The molecule has 2 N–H and O–H groups in total. The summed E-state index contributed by atoms with van der Waals surface area (Å²) in [6.07, 6.45) is 1.31. The fourth-order valence-corrected chi connectivity index (χ4v) is 3.84. The van der Waals surface area contributed by atoms with E-state index in [1.54, 1.807) is 24.0 Å². The normalized spacial score (nSPS) is 14.7. The highest BCUT2D eigenvalue weighted by Crippen LogP contribution is 2.13. The number of rotatable bonds is 9. The smallest absolute Gasteiger partial charge is 0.409 e. The molecule has 1 aliphatic heterocycles. The Kier molecular flexibility index (Phi) is 9.25. The van der Waals surface area contributed by atoms with Crippen LogP contribution in [0, 0.1) is 0 Å². The molecule has 1 saturated heterocycles. The summed E-state index contributed by atoms with van der Waals surface area (Å²) in [6, 6.07) is 6.12. The maximum absolute atomic E-state index is 12.0. The molecule has 10 nitrogen and oxygen atoms in total. The van der Waals surface area contributed by atoms with Gasteiger partial charge in [0, 0.05) is 25.6 Å². The molecule has 0 saturated carbocycles. The average molecular weight is 456 g/mol. The molecule has 1 fully saturated rings. The molecule has 1 aromatic rings. The Morgan fingerprint density at radius 2 is 1.74 bits per heavy atom. The van der Waals surface area contributed by atoms with Crippen LogP contribution in [0.3, 0.4) is 0 Å². The number of sulfonamides is 1. The van der Waals surface area contributed by atoms with Gasteiger partial charge in [-0.2, -0.15) is 0 Å². The molecule has 0 unspecified atom stereocenters. The topological polar surface area (TPSA) is 131 Å². The van der Waals surface area contributed by atoms with Crippen LogP contribution < -0.4 is 10.0 Å². The number of hydrogen-bond acceptors (Lipinski definition) is 7. The fraction of sp³-hybridized carbons (Fsp3) is 0.550. The fourth-order valence-electron chi connectivity index (χ4n) is 3.11. The Bertz CT molecular complexity index is 863. The molecule has 2 amide bonds. The second kappa shape index (κ2) is 11.7. The van der Waals surface area contributed by atoms with Gasteiger partial charge in [-0.05, 0) is 50.9 Å². The van der Waals surface area contributed by atoms with Crippen molar-refractivity contribution in [3.63, 3.8) is 0 Å². The van der Waals surface area contributed by atoms with Crippen LogP contribution in [-0.4, -0.2) is 70.7 Å². The highest BCUT2D eigenvalue weighted by Gasteiger charge is 2.24. The van der Waals surface area contributed by atoms with Crippen molar-refractivity contribution < 1.29 is 32.3 Å². The highest BCUT2D eigenvalue weighted by molar-refractivity contribution is 7.89. The van der Waals surface area contributed by atoms with Crippen molar-refractivity contribution in [3.05, 3.63) is 29.8 Å². The number of hydrogen-bond donors (Lipinski definition) is 2. The van der Waals surface area contributed by atoms with E-state index in [-0.39, 0.29) is 36.0 Å². The summed E-state index contributed by atoms with van der Waals surface area (Å²) in [4.78, 5) is 37.3. The average Bonchev–Trinajstić information content (AvgIpc) is 2.77. The van der Waals surface area contributed by atoms with Crippen molar-refractivity contribution in [1.29, 1.82) is 0 Å². The van der Waals surface area contributed by atoms with Crippen LogP contribution in [0.1, 0.15) is 31.7 Å². The minimum atomic E-state index is -3.50. The predicted molar refractivity (Wildman–Crippen MR) is 112 cm³/mol. The van der Waals surface area contributed by atoms with Crippen LogP contribution in [-0.2, 0) is 35.5 Å². The molecule has 1 aromatic carbocycles. The summed E-state index contributed by atoms with van der Waals surface area (Å²) < 4.78 is 35.6. The third-order valence-corrected chi connectivity index (χ3v) is 6.30. The molecule has 1 heterocycles. The van der Waals surface area contributed by atoms with Crippen LogP contribution in [0.2, 0.25) is 0 Å². The number of aryl methyl sites for hydroxylation is 1. The molecule has 31 heavy (non-hydrogen) atoms. The van der Waals surface area contributed by atoms with Gasteiger partial charge < -0.3 is 19.7 Å². The molecule has 0 atom stereocenters. The first-order valence-electron chi connectivity index (χ1n) is 10.1. The molecule has 11 heteroatoms. The molecule has 1 aliphatic rings. The maximum Gasteiger partial charge on any atom is 0.409 e. The lowest BCUT2D eigenvalue weighted by Crippen LogP contribution is -2.47. The number of nitrogens with one attached hydrogen (secondary N) is 2. The van der Waals surface area contributed by atoms with Crippen molar-refractivity contribution >= 4 is 28.0 Å². The second-order valence-electron chi connectivity index (χ2n) is 7.04. The van der Waals surface area contributed by atoms with E-state index in [1.807, 2.05) is 0 Å². The van der Waals surface area contributed by atoms with E-state index in [0.717, 1.165) is 5.56 Å². The van der Waals surface area contributed by atoms with Crippen molar-refractivity contribution in [1.82, 2.24) is 14.9 Å². The number of carbonyl (C=O) groups excluding carboxylic acids is 3. The number of piperidine rings is 1. The molecular weight excluding hydrogens is 426 g/mol. The highest BCUT2D eigenvalue weighted by atomic mass is 32.2. The lowest BCUT2D eigenvalue weighted by molar-refractivity contribution is -0.148. The summed E-state index contributed by atoms with van der Waals surface area (Å²) in [7, 11) is -2.16. The van der Waals surface area contributed by atoms with Gasteiger partial charge in [-0.15, -0.1) is 0 Å². The van der Waals surface area contributed by atoms with E-state index in [0.29, 0.717) is 39.0 Å². The zero-order valence-corrected chi connectivity index (χ0v) is 18.6. The number of benzene rings is 1. The van der Waals surface area contributed by atoms with Gasteiger partial charge in [-0.25, -0.2) is 17.9 Å². The van der Waals surface area contributed by atoms with Gasteiger partial charge in [0.1, 0.15) is 0 Å². The largest absolute Gasteiger partial charge is 0.456 e. The van der Waals surface area contributed by atoms with Gasteiger partial charge >= 0.3 is 12.1 Å². The quantitative estimate of drug-likeness (QED) is 0.527. The zero-order valence-electron chi connectivity index (χ0n) is 17.8. The van der Waals surface area contributed by atoms with Gasteiger partial charge in [-0.1, -0.05) is 12.1 Å². The molecule has 172 valence electrons. The summed E-state index contributed by atoms with van der Waals surface area (Å²) in [5.41, 5.74) is 0.782. The molecule has 0 aliphatic carbocycles. The minimum Gasteiger partial charge on any atom is -0.456 e.